The van der Waals surface area contributed by atoms with Gasteiger partial charge in [0.1, 0.15) is 11.9 Å². The fourth-order valence-corrected chi connectivity index (χ4v) is 2.33. The van der Waals surface area contributed by atoms with E-state index in [9.17, 15) is 4.79 Å². The molecule has 1 amide bonds. The van der Waals surface area contributed by atoms with Crippen molar-refractivity contribution in [1.82, 2.24) is 14.9 Å². The average Bonchev–Trinajstić information content (AvgIpc) is 2.39. The molecular formula is C13H20N4O. The van der Waals surface area contributed by atoms with Gasteiger partial charge in [-0.15, -0.1) is 0 Å². The maximum absolute atomic E-state index is 12.3. The third kappa shape index (κ3) is 2.97. The van der Waals surface area contributed by atoms with E-state index in [4.69, 9.17) is 0 Å². The maximum Gasteiger partial charge on any atom is 0.245 e. The molecule has 1 aliphatic rings. The summed E-state index contributed by atoms with van der Waals surface area (Å²) in [5, 5.41) is 3.09. The fourth-order valence-electron chi connectivity index (χ4n) is 2.33. The van der Waals surface area contributed by atoms with E-state index >= 15 is 0 Å². The van der Waals surface area contributed by atoms with Gasteiger partial charge >= 0.3 is 0 Å². The highest BCUT2D eigenvalue weighted by molar-refractivity contribution is 5.84. The largest absolute Gasteiger partial charge is 0.357 e. The van der Waals surface area contributed by atoms with E-state index in [1.165, 1.54) is 6.42 Å². The molecule has 5 nitrogen and oxygen atoms in total. The third-order valence-electron chi connectivity index (χ3n) is 3.38. The van der Waals surface area contributed by atoms with E-state index in [2.05, 4.69) is 22.2 Å². The van der Waals surface area contributed by atoms with Crippen molar-refractivity contribution >= 4 is 11.7 Å². The molecule has 1 N–H and O–H groups in total. The lowest BCUT2D eigenvalue weighted by Crippen LogP contribution is -2.48. The van der Waals surface area contributed by atoms with Crippen molar-refractivity contribution < 1.29 is 4.79 Å². The van der Waals surface area contributed by atoms with Crippen LogP contribution in [0.4, 0.5) is 5.82 Å². The molecule has 1 saturated heterocycles. The predicted octanol–water partition coefficient (Wildman–Crippen LogP) is 1.68. The second-order valence-corrected chi connectivity index (χ2v) is 4.83. The molecule has 2 heterocycles. The lowest BCUT2D eigenvalue weighted by atomic mass is 10.0. The second kappa shape index (κ2) is 5.80. The van der Waals surface area contributed by atoms with Crippen LogP contribution in [0.1, 0.15) is 33.1 Å². The van der Waals surface area contributed by atoms with Gasteiger partial charge in [0, 0.05) is 25.0 Å². The van der Waals surface area contributed by atoms with Crippen molar-refractivity contribution in [2.24, 2.45) is 0 Å². The van der Waals surface area contributed by atoms with Gasteiger partial charge < -0.3 is 10.2 Å². The number of likely N-dealkylation sites (tertiary alicyclic amines) is 1. The van der Waals surface area contributed by atoms with Gasteiger partial charge in [0.25, 0.3) is 0 Å². The Bertz CT molecular complexity index is 395. The van der Waals surface area contributed by atoms with Gasteiger partial charge in [0.05, 0.1) is 6.20 Å². The molecule has 0 spiro atoms. The minimum Gasteiger partial charge on any atom is -0.357 e. The number of piperidine rings is 1. The normalized spacial score (nSPS) is 21.4. The molecule has 2 atom stereocenters. The summed E-state index contributed by atoms with van der Waals surface area (Å²) in [6.07, 6.45) is 8.28. The molecule has 5 heteroatoms. The van der Waals surface area contributed by atoms with Crippen LogP contribution >= 0.6 is 0 Å². The molecule has 0 aliphatic carbocycles. The molecule has 0 aromatic carbocycles. The highest BCUT2D eigenvalue weighted by Gasteiger charge is 2.26. The Morgan fingerprint density at radius 2 is 2.33 bits per heavy atom. The topological polar surface area (TPSA) is 58.1 Å². The molecule has 18 heavy (non-hydrogen) atoms. The van der Waals surface area contributed by atoms with Crippen LogP contribution in [0.15, 0.2) is 18.6 Å². The smallest absolute Gasteiger partial charge is 0.245 e. The van der Waals surface area contributed by atoms with Gasteiger partial charge in [-0.1, -0.05) is 0 Å². The van der Waals surface area contributed by atoms with Gasteiger partial charge in [-0.05, 0) is 33.1 Å². The molecule has 0 radical (unpaired) electrons. The van der Waals surface area contributed by atoms with E-state index in [0.717, 1.165) is 19.4 Å². The van der Waals surface area contributed by atoms with Gasteiger partial charge in [0.2, 0.25) is 5.91 Å². The van der Waals surface area contributed by atoms with Crippen molar-refractivity contribution in [2.75, 3.05) is 11.9 Å². The van der Waals surface area contributed by atoms with E-state index in [1.54, 1.807) is 18.6 Å². The highest BCUT2D eigenvalue weighted by Crippen LogP contribution is 2.18. The first-order chi connectivity index (χ1) is 8.68. The van der Waals surface area contributed by atoms with E-state index < -0.39 is 0 Å². The minimum absolute atomic E-state index is 0.146. The Hall–Kier alpha value is -1.65. The van der Waals surface area contributed by atoms with Crippen molar-refractivity contribution in [1.29, 1.82) is 0 Å². The first kappa shape index (κ1) is 12.8. The van der Waals surface area contributed by atoms with Crippen LogP contribution in [-0.2, 0) is 4.79 Å². The number of rotatable bonds is 3. The van der Waals surface area contributed by atoms with E-state index in [0.29, 0.717) is 11.9 Å². The zero-order valence-electron chi connectivity index (χ0n) is 11.0. The van der Waals surface area contributed by atoms with Crippen LogP contribution in [0, 0.1) is 0 Å². The minimum atomic E-state index is -0.262. The lowest BCUT2D eigenvalue weighted by Gasteiger charge is -2.35. The molecule has 2 rings (SSSR count). The number of hydrogen-bond donors (Lipinski definition) is 1. The van der Waals surface area contributed by atoms with Crippen LogP contribution in [-0.4, -0.2) is 39.4 Å². The number of amides is 1. The number of carbonyl (C=O) groups excluding carboxylic acids is 1. The predicted molar refractivity (Wildman–Crippen MR) is 70.1 cm³/mol. The zero-order chi connectivity index (χ0) is 13.0. The van der Waals surface area contributed by atoms with Gasteiger partial charge in [0.15, 0.2) is 0 Å². The Labute approximate surface area is 108 Å². The molecule has 0 saturated carbocycles. The molecule has 2 unspecified atom stereocenters. The molecule has 1 aromatic rings. The van der Waals surface area contributed by atoms with Gasteiger partial charge in [-0.3, -0.25) is 9.78 Å². The SMILES string of the molecule is CC(Nc1cnccn1)C(=O)N1CCCCC1C. The van der Waals surface area contributed by atoms with Crippen molar-refractivity contribution in [2.45, 2.75) is 45.2 Å². The molecule has 1 fully saturated rings. The van der Waals surface area contributed by atoms with Crippen molar-refractivity contribution in [3.05, 3.63) is 18.6 Å². The third-order valence-corrected chi connectivity index (χ3v) is 3.38. The number of nitrogens with one attached hydrogen (secondary N) is 1. The van der Waals surface area contributed by atoms with Gasteiger partial charge in [-0.2, -0.15) is 0 Å². The number of carbonyl (C=O) groups is 1. The van der Waals surface area contributed by atoms with Crippen LogP contribution < -0.4 is 5.32 Å². The Morgan fingerprint density at radius 3 is 3.00 bits per heavy atom. The molecular weight excluding hydrogens is 228 g/mol. The van der Waals surface area contributed by atoms with Crippen molar-refractivity contribution in [3.63, 3.8) is 0 Å². The lowest BCUT2D eigenvalue weighted by molar-refractivity contribution is -0.134. The summed E-state index contributed by atoms with van der Waals surface area (Å²) in [5.74, 6) is 0.788. The number of hydrogen-bond acceptors (Lipinski definition) is 4. The first-order valence-electron chi connectivity index (χ1n) is 6.51. The van der Waals surface area contributed by atoms with Gasteiger partial charge in [-0.25, -0.2) is 4.98 Å². The average molecular weight is 248 g/mol. The Kier molecular flexibility index (Phi) is 4.12. The number of anilines is 1. The highest BCUT2D eigenvalue weighted by atomic mass is 16.2. The van der Waals surface area contributed by atoms with Crippen LogP contribution in [0.2, 0.25) is 0 Å². The van der Waals surface area contributed by atoms with E-state index in [-0.39, 0.29) is 11.9 Å². The van der Waals surface area contributed by atoms with Crippen LogP contribution in [0.3, 0.4) is 0 Å². The van der Waals surface area contributed by atoms with Crippen LogP contribution in [0.5, 0.6) is 0 Å². The second-order valence-electron chi connectivity index (χ2n) is 4.83. The molecule has 0 bridgehead atoms. The van der Waals surface area contributed by atoms with Crippen LogP contribution in [0.25, 0.3) is 0 Å². The summed E-state index contributed by atoms with van der Waals surface area (Å²) >= 11 is 0. The Morgan fingerprint density at radius 1 is 1.50 bits per heavy atom. The van der Waals surface area contributed by atoms with Crippen molar-refractivity contribution in [3.8, 4) is 0 Å². The molecule has 1 aliphatic heterocycles. The number of aromatic nitrogens is 2. The first-order valence-corrected chi connectivity index (χ1v) is 6.51. The Balaban J connectivity index is 1.96. The maximum atomic E-state index is 12.3. The zero-order valence-corrected chi connectivity index (χ0v) is 11.0. The summed E-state index contributed by atoms with van der Waals surface area (Å²) in [6, 6.07) is 0.0830. The summed E-state index contributed by atoms with van der Waals surface area (Å²) in [4.78, 5) is 22.4. The van der Waals surface area contributed by atoms with E-state index in [1.807, 2.05) is 11.8 Å². The summed E-state index contributed by atoms with van der Waals surface area (Å²) in [6.45, 7) is 4.86. The summed E-state index contributed by atoms with van der Waals surface area (Å²) < 4.78 is 0. The summed E-state index contributed by atoms with van der Waals surface area (Å²) in [7, 11) is 0. The fraction of sp³-hybridized carbons (Fsp3) is 0.615. The standard InChI is InChI=1S/C13H20N4O/c1-10-5-3-4-8-17(10)13(18)11(2)16-12-9-14-6-7-15-12/h6-7,9-11H,3-5,8H2,1-2H3,(H,15,16). The number of nitrogens with zero attached hydrogens (tertiary/aromatic N) is 3. The molecule has 1 aromatic heterocycles. The quantitative estimate of drug-likeness (QED) is 0.884. The monoisotopic (exact) mass is 248 g/mol. The molecule has 98 valence electrons. The summed E-state index contributed by atoms with van der Waals surface area (Å²) in [5.41, 5.74) is 0.